The summed E-state index contributed by atoms with van der Waals surface area (Å²) in [5.41, 5.74) is -0.358. The largest absolute Gasteiger partial charge is 0.390 e. The van der Waals surface area contributed by atoms with Gasteiger partial charge in [0.15, 0.2) is 0 Å². The maximum Gasteiger partial charge on any atom is 0.0620 e. The first-order chi connectivity index (χ1) is 6.67. The molecular formula is C12H23NO. The van der Waals surface area contributed by atoms with Gasteiger partial charge in [-0.1, -0.05) is 0 Å². The first kappa shape index (κ1) is 10.4. The van der Waals surface area contributed by atoms with E-state index in [4.69, 9.17) is 0 Å². The highest BCUT2D eigenvalue weighted by Crippen LogP contribution is 2.38. The van der Waals surface area contributed by atoms with Crippen molar-refractivity contribution in [2.24, 2.45) is 11.8 Å². The molecule has 1 saturated carbocycles. The minimum absolute atomic E-state index is 0.358. The second-order valence-electron chi connectivity index (χ2n) is 5.42. The molecule has 2 nitrogen and oxygen atoms in total. The van der Waals surface area contributed by atoms with Crippen molar-refractivity contribution in [1.82, 2.24) is 5.32 Å². The molecule has 1 aliphatic heterocycles. The summed E-state index contributed by atoms with van der Waals surface area (Å²) in [6, 6.07) is 0. The lowest BCUT2D eigenvalue weighted by Gasteiger charge is -2.38. The highest BCUT2D eigenvalue weighted by atomic mass is 16.3. The summed E-state index contributed by atoms with van der Waals surface area (Å²) in [5.74, 6) is 1.84. The quantitative estimate of drug-likeness (QED) is 0.673. The smallest absolute Gasteiger partial charge is 0.0620 e. The van der Waals surface area contributed by atoms with Gasteiger partial charge in [-0.15, -0.1) is 0 Å². The van der Waals surface area contributed by atoms with Crippen molar-refractivity contribution in [2.75, 3.05) is 13.1 Å². The Labute approximate surface area is 87.1 Å². The number of hydrogen-bond acceptors (Lipinski definition) is 2. The Morgan fingerprint density at radius 1 is 1.00 bits per heavy atom. The second kappa shape index (κ2) is 4.19. The molecule has 0 aromatic heterocycles. The summed E-state index contributed by atoms with van der Waals surface area (Å²) in [6.45, 7) is 4.40. The van der Waals surface area contributed by atoms with Gasteiger partial charge in [-0.3, -0.25) is 0 Å². The Hall–Kier alpha value is -0.0800. The minimum Gasteiger partial charge on any atom is -0.390 e. The third-order valence-electron chi connectivity index (χ3n) is 4.16. The van der Waals surface area contributed by atoms with Crippen LogP contribution < -0.4 is 5.32 Å². The minimum atomic E-state index is -0.358. The Morgan fingerprint density at radius 3 is 2.07 bits per heavy atom. The number of piperidine rings is 1. The van der Waals surface area contributed by atoms with Crippen LogP contribution in [0.3, 0.4) is 0 Å². The van der Waals surface area contributed by atoms with Gasteiger partial charge < -0.3 is 10.4 Å². The number of rotatable bonds is 1. The van der Waals surface area contributed by atoms with Gasteiger partial charge in [0.25, 0.3) is 0 Å². The van der Waals surface area contributed by atoms with Crippen molar-refractivity contribution in [3.05, 3.63) is 0 Å². The summed E-state index contributed by atoms with van der Waals surface area (Å²) in [4.78, 5) is 0. The third-order valence-corrected chi connectivity index (χ3v) is 4.16. The molecule has 2 aliphatic rings. The molecule has 1 saturated heterocycles. The molecule has 0 atom stereocenters. The summed E-state index contributed by atoms with van der Waals surface area (Å²) in [6.07, 6.45) is 7.23. The van der Waals surface area contributed by atoms with Crippen LogP contribution in [0, 0.1) is 11.8 Å². The van der Waals surface area contributed by atoms with E-state index in [9.17, 15) is 5.11 Å². The van der Waals surface area contributed by atoms with Gasteiger partial charge >= 0.3 is 0 Å². The van der Waals surface area contributed by atoms with Gasteiger partial charge in [0, 0.05) is 0 Å². The van der Waals surface area contributed by atoms with Crippen molar-refractivity contribution in [2.45, 2.75) is 51.0 Å². The van der Waals surface area contributed by atoms with Crippen molar-refractivity contribution >= 4 is 0 Å². The molecule has 2 N–H and O–H groups in total. The lowest BCUT2D eigenvalue weighted by atomic mass is 9.72. The fraction of sp³-hybridized carbons (Fsp3) is 1.00. The van der Waals surface area contributed by atoms with Crippen LogP contribution in [0.5, 0.6) is 0 Å². The zero-order chi connectivity index (χ0) is 10.0. The van der Waals surface area contributed by atoms with E-state index in [2.05, 4.69) is 5.32 Å². The molecule has 0 radical (unpaired) electrons. The molecular weight excluding hydrogens is 174 g/mol. The molecule has 0 aromatic carbocycles. The summed E-state index contributed by atoms with van der Waals surface area (Å²) in [7, 11) is 0. The predicted molar refractivity (Wildman–Crippen MR) is 58.2 cm³/mol. The Kier molecular flexibility index (Phi) is 3.13. The molecule has 0 amide bonds. The second-order valence-corrected chi connectivity index (χ2v) is 5.42. The van der Waals surface area contributed by atoms with Crippen molar-refractivity contribution in [3.63, 3.8) is 0 Å². The number of nitrogens with one attached hydrogen (secondary N) is 1. The van der Waals surface area contributed by atoms with Gasteiger partial charge in [0.05, 0.1) is 5.60 Å². The van der Waals surface area contributed by atoms with E-state index in [1.54, 1.807) is 0 Å². The Bertz CT molecular complexity index is 175. The van der Waals surface area contributed by atoms with Gasteiger partial charge in [-0.2, -0.15) is 0 Å². The fourth-order valence-electron chi connectivity index (χ4n) is 3.05. The van der Waals surface area contributed by atoms with E-state index in [0.29, 0.717) is 0 Å². The Morgan fingerprint density at radius 2 is 1.50 bits per heavy atom. The fourth-order valence-corrected chi connectivity index (χ4v) is 3.05. The van der Waals surface area contributed by atoms with Crippen LogP contribution in [0.15, 0.2) is 0 Å². The highest BCUT2D eigenvalue weighted by molar-refractivity contribution is 4.85. The van der Waals surface area contributed by atoms with Gasteiger partial charge in [-0.25, -0.2) is 0 Å². The molecule has 2 rings (SSSR count). The van der Waals surface area contributed by atoms with E-state index in [-0.39, 0.29) is 5.60 Å². The molecule has 2 heteroatoms. The summed E-state index contributed by atoms with van der Waals surface area (Å²) < 4.78 is 0. The van der Waals surface area contributed by atoms with E-state index >= 15 is 0 Å². The summed E-state index contributed by atoms with van der Waals surface area (Å²) >= 11 is 0. The van der Waals surface area contributed by atoms with Crippen LogP contribution in [0.25, 0.3) is 0 Å². The van der Waals surface area contributed by atoms with Gasteiger partial charge in [0.1, 0.15) is 0 Å². The maximum atomic E-state index is 9.88. The standard InChI is InChI=1S/C12H23NO/c1-12(14)6-2-10(3-7-12)11-4-8-13-9-5-11/h10-11,13-14H,2-9H2,1H3. The zero-order valence-electron chi connectivity index (χ0n) is 9.26. The third kappa shape index (κ3) is 2.48. The maximum absolute atomic E-state index is 9.88. The van der Waals surface area contributed by atoms with Crippen LogP contribution in [-0.2, 0) is 0 Å². The molecule has 0 bridgehead atoms. The molecule has 0 unspecified atom stereocenters. The first-order valence-corrected chi connectivity index (χ1v) is 6.10. The van der Waals surface area contributed by atoms with E-state index in [1.165, 1.54) is 38.8 Å². The van der Waals surface area contributed by atoms with Crippen LogP contribution >= 0.6 is 0 Å². The average Bonchev–Trinajstić information content (AvgIpc) is 2.19. The van der Waals surface area contributed by atoms with E-state index < -0.39 is 0 Å². The van der Waals surface area contributed by atoms with Crippen molar-refractivity contribution in [1.29, 1.82) is 0 Å². The van der Waals surface area contributed by atoms with Crippen molar-refractivity contribution in [3.8, 4) is 0 Å². The van der Waals surface area contributed by atoms with E-state index in [0.717, 1.165) is 24.7 Å². The molecule has 1 aliphatic carbocycles. The van der Waals surface area contributed by atoms with Crippen LogP contribution in [0.4, 0.5) is 0 Å². The molecule has 0 spiro atoms. The van der Waals surface area contributed by atoms with Gasteiger partial charge in [0.2, 0.25) is 0 Å². The van der Waals surface area contributed by atoms with Gasteiger partial charge in [-0.05, 0) is 70.4 Å². The number of aliphatic hydroxyl groups is 1. The first-order valence-electron chi connectivity index (χ1n) is 6.10. The van der Waals surface area contributed by atoms with Crippen molar-refractivity contribution < 1.29 is 5.11 Å². The lowest BCUT2D eigenvalue weighted by Crippen LogP contribution is -2.37. The lowest BCUT2D eigenvalue weighted by molar-refractivity contribution is -0.00350. The topological polar surface area (TPSA) is 32.3 Å². The molecule has 14 heavy (non-hydrogen) atoms. The van der Waals surface area contributed by atoms with Crippen LogP contribution in [0.1, 0.15) is 45.4 Å². The summed E-state index contributed by atoms with van der Waals surface area (Å²) in [5, 5.41) is 13.3. The Balaban J connectivity index is 1.82. The molecule has 2 fully saturated rings. The van der Waals surface area contributed by atoms with Crippen LogP contribution in [-0.4, -0.2) is 23.8 Å². The highest BCUT2D eigenvalue weighted by Gasteiger charge is 2.32. The molecule has 0 aromatic rings. The average molecular weight is 197 g/mol. The zero-order valence-corrected chi connectivity index (χ0v) is 9.26. The SMILES string of the molecule is CC1(O)CCC(C2CCNCC2)CC1. The normalized spacial score (nSPS) is 41.1. The monoisotopic (exact) mass is 197 g/mol. The molecule has 82 valence electrons. The van der Waals surface area contributed by atoms with E-state index in [1.807, 2.05) is 6.92 Å². The number of hydrogen-bond donors (Lipinski definition) is 2. The molecule has 1 heterocycles. The predicted octanol–water partition coefficient (Wildman–Crippen LogP) is 1.93. The van der Waals surface area contributed by atoms with Crippen LogP contribution in [0.2, 0.25) is 0 Å².